The smallest absolute Gasteiger partial charge is 0.322 e. The van der Waals surface area contributed by atoms with E-state index >= 15 is 0 Å². The fourth-order valence-electron chi connectivity index (χ4n) is 3.09. The van der Waals surface area contributed by atoms with E-state index in [1.54, 1.807) is 0 Å². The number of carbonyl (C=O) groups is 1. The van der Waals surface area contributed by atoms with E-state index in [0.29, 0.717) is 16.9 Å². The lowest BCUT2D eigenvalue weighted by Crippen LogP contribution is -2.21. The van der Waals surface area contributed by atoms with Gasteiger partial charge in [-0.2, -0.15) is 31.4 Å². The maximum Gasteiger partial charge on any atom is 0.434 e. The summed E-state index contributed by atoms with van der Waals surface area (Å²) in [5.41, 5.74) is -5.13. The predicted molar refractivity (Wildman–Crippen MR) is 102 cm³/mol. The molecule has 33 heavy (non-hydrogen) atoms. The van der Waals surface area contributed by atoms with Crippen LogP contribution in [0.1, 0.15) is 21.7 Å². The van der Waals surface area contributed by atoms with Gasteiger partial charge in [0.15, 0.2) is 5.69 Å². The molecule has 0 aliphatic heterocycles. The van der Waals surface area contributed by atoms with Gasteiger partial charge in [0.05, 0.1) is 29.2 Å². The number of aromatic amines is 1. The highest BCUT2D eigenvalue weighted by Gasteiger charge is 2.41. The van der Waals surface area contributed by atoms with E-state index in [1.807, 2.05) is 5.32 Å². The maximum absolute atomic E-state index is 13.9. The van der Waals surface area contributed by atoms with Crippen LogP contribution in [0, 0.1) is 0 Å². The molecule has 14 heteroatoms. The quantitative estimate of drug-likeness (QED) is 0.445. The van der Waals surface area contributed by atoms with E-state index in [0.717, 1.165) is 18.6 Å². The second-order valence-electron chi connectivity index (χ2n) is 6.60. The number of aromatic nitrogens is 5. The van der Waals surface area contributed by atoms with Crippen molar-refractivity contribution in [3.05, 3.63) is 76.4 Å². The summed E-state index contributed by atoms with van der Waals surface area (Å²) in [7, 11) is 0. The fraction of sp³-hybridized carbons (Fsp3) is 0.105. The zero-order valence-corrected chi connectivity index (χ0v) is 16.0. The average molecular weight is 468 g/mol. The third-order valence-electron chi connectivity index (χ3n) is 4.47. The van der Waals surface area contributed by atoms with Gasteiger partial charge in [0, 0.05) is 11.9 Å². The lowest BCUT2D eigenvalue weighted by Gasteiger charge is -2.14. The Morgan fingerprint density at radius 2 is 1.79 bits per heavy atom. The van der Waals surface area contributed by atoms with Crippen LogP contribution in [0.2, 0.25) is 0 Å². The summed E-state index contributed by atoms with van der Waals surface area (Å²) in [5, 5.41) is 5.62. The molecular weight excluding hydrogens is 458 g/mol. The topological polar surface area (TPSA) is 106 Å². The molecule has 3 aromatic heterocycles. The van der Waals surface area contributed by atoms with Gasteiger partial charge >= 0.3 is 12.4 Å². The van der Waals surface area contributed by atoms with E-state index < -0.39 is 46.5 Å². The van der Waals surface area contributed by atoms with Gasteiger partial charge in [0.25, 0.3) is 11.5 Å². The van der Waals surface area contributed by atoms with Crippen molar-refractivity contribution in [2.75, 3.05) is 5.32 Å². The summed E-state index contributed by atoms with van der Waals surface area (Å²) < 4.78 is 80.7. The molecule has 0 aliphatic carbocycles. The first-order valence-corrected chi connectivity index (χ1v) is 8.93. The molecule has 0 aliphatic rings. The summed E-state index contributed by atoms with van der Waals surface area (Å²) >= 11 is 0. The first-order valence-electron chi connectivity index (χ1n) is 8.93. The number of halogens is 6. The molecule has 0 spiro atoms. The highest BCUT2D eigenvalue weighted by molar-refractivity contribution is 6.05. The maximum atomic E-state index is 13.9. The number of alkyl halides is 6. The Morgan fingerprint density at radius 3 is 2.48 bits per heavy atom. The summed E-state index contributed by atoms with van der Waals surface area (Å²) in [5.74, 6) is -1.35. The Kier molecular flexibility index (Phi) is 5.14. The van der Waals surface area contributed by atoms with Crippen LogP contribution in [0.15, 0.2) is 53.8 Å². The Balaban J connectivity index is 1.81. The van der Waals surface area contributed by atoms with E-state index in [2.05, 4.69) is 20.1 Å². The first kappa shape index (κ1) is 22.0. The zero-order valence-electron chi connectivity index (χ0n) is 16.0. The Morgan fingerprint density at radius 1 is 1.03 bits per heavy atom. The van der Waals surface area contributed by atoms with Crippen LogP contribution in [-0.4, -0.2) is 30.6 Å². The van der Waals surface area contributed by atoms with Crippen molar-refractivity contribution in [1.29, 1.82) is 0 Å². The van der Waals surface area contributed by atoms with Gasteiger partial charge in [-0.15, -0.1) is 0 Å². The number of hydrogen-bond acceptors (Lipinski definition) is 5. The molecule has 1 amide bonds. The van der Waals surface area contributed by atoms with Gasteiger partial charge < -0.3 is 10.3 Å². The molecule has 0 bridgehead atoms. The molecule has 0 saturated carbocycles. The van der Waals surface area contributed by atoms with Crippen LogP contribution in [0.3, 0.4) is 0 Å². The number of anilines is 1. The average Bonchev–Trinajstić information content (AvgIpc) is 3.19. The van der Waals surface area contributed by atoms with E-state index in [4.69, 9.17) is 0 Å². The van der Waals surface area contributed by atoms with E-state index in [-0.39, 0.29) is 16.6 Å². The first-order chi connectivity index (χ1) is 15.5. The molecule has 2 N–H and O–H groups in total. The minimum Gasteiger partial charge on any atom is -0.322 e. The molecule has 3 heterocycles. The number of nitrogens with one attached hydrogen (secondary N) is 2. The lowest BCUT2D eigenvalue weighted by atomic mass is 10.2. The lowest BCUT2D eigenvalue weighted by molar-refractivity contribution is -0.143. The molecule has 4 aromatic rings. The highest BCUT2D eigenvalue weighted by Crippen LogP contribution is 2.35. The SMILES string of the molecule is O=C(Nc1ccnc(C(F)(F)F)c1)c1cnn(-c2cccc3c(=O)[nH]cnc23)c1C(F)(F)F. The Bertz CT molecular complexity index is 1420. The molecule has 8 nitrogen and oxygen atoms in total. The number of amides is 1. The molecule has 0 atom stereocenters. The van der Waals surface area contributed by atoms with Crippen LogP contribution in [-0.2, 0) is 12.4 Å². The molecule has 0 radical (unpaired) electrons. The van der Waals surface area contributed by atoms with E-state index in [9.17, 15) is 35.9 Å². The van der Waals surface area contributed by atoms with Crippen LogP contribution in [0.4, 0.5) is 32.0 Å². The molecule has 1 aromatic carbocycles. The number of pyridine rings is 1. The third-order valence-corrected chi connectivity index (χ3v) is 4.47. The zero-order chi connectivity index (χ0) is 24.0. The molecular formula is C19H10F6N6O2. The minimum atomic E-state index is -5.10. The van der Waals surface area contributed by atoms with Crippen molar-refractivity contribution >= 4 is 22.5 Å². The second kappa shape index (κ2) is 7.72. The van der Waals surface area contributed by atoms with E-state index in [1.165, 1.54) is 18.2 Å². The summed E-state index contributed by atoms with van der Waals surface area (Å²) in [6.07, 6.45) is -7.54. The van der Waals surface area contributed by atoms with Crippen molar-refractivity contribution < 1.29 is 31.1 Å². The van der Waals surface area contributed by atoms with Crippen LogP contribution in [0.25, 0.3) is 16.6 Å². The predicted octanol–water partition coefficient (Wildman–Crippen LogP) is 3.79. The van der Waals surface area contributed by atoms with Gasteiger partial charge in [0.1, 0.15) is 11.2 Å². The number of para-hydroxylation sites is 1. The number of rotatable bonds is 3. The second-order valence-corrected chi connectivity index (χ2v) is 6.60. The van der Waals surface area contributed by atoms with Crippen LogP contribution in [0.5, 0.6) is 0 Å². The molecule has 0 unspecified atom stereocenters. The largest absolute Gasteiger partial charge is 0.434 e. The fourth-order valence-corrected chi connectivity index (χ4v) is 3.09. The standard InChI is InChI=1S/C19H10F6N6O2/c20-18(21,22)13-6-9(4-5-26-13)30-17(33)11-7-29-31(15(11)19(23,24)25)12-3-1-2-10-14(12)27-8-28-16(10)32/h1-8H,(H,26,30,33)(H,27,28,32). The van der Waals surface area contributed by atoms with Crippen LogP contribution < -0.4 is 10.9 Å². The molecule has 0 saturated heterocycles. The molecule has 170 valence electrons. The number of H-pyrrole nitrogens is 1. The third kappa shape index (κ3) is 4.14. The number of nitrogens with zero attached hydrogens (tertiary/aromatic N) is 4. The monoisotopic (exact) mass is 468 g/mol. The van der Waals surface area contributed by atoms with Gasteiger partial charge in [-0.05, 0) is 24.3 Å². The van der Waals surface area contributed by atoms with Crippen molar-refractivity contribution in [2.24, 2.45) is 0 Å². The van der Waals surface area contributed by atoms with Crippen molar-refractivity contribution in [3.8, 4) is 5.69 Å². The summed E-state index contributed by atoms with van der Waals surface area (Å²) in [6, 6.07) is 5.35. The van der Waals surface area contributed by atoms with Crippen molar-refractivity contribution in [3.63, 3.8) is 0 Å². The van der Waals surface area contributed by atoms with Crippen molar-refractivity contribution in [1.82, 2.24) is 24.7 Å². The number of carbonyl (C=O) groups excluding carboxylic acids is 1. The van der Waals surface area contributed by atoms with Crippen LogP contribution >= 0.6 is 0 Å². The number of benzene rings is 1. The Labute approximate surface area is 178 Å². The van der Waals surface area contributed by atoms with Crippen molar-refractivity contribution in [2.45, 2.75) is 12.4 Å². The Hall–Kier alpha value is -4.23. The van der Waals surface area contributed by atoms with Gasteiger partial charge in [-0.1, -0.05) is 6.07 Å². The number of fused-ring (bicyclic) bond motifs is 1. The molecule has 0 fully saturated rings. The summed E-state index contributed by atoms with van der Waals surface area (Å²) in [4.78, 5) is 33.8. The van der Waals surface area contributed by atoms with Gasteiger partial charge in [-0.3, -0.25) is 14.6 Å². The highest BCUT2D eigenvalue weighted by atomic mass is 19.4. The minimum absolute atomic E-state index is 0.0129. The summed E-state index contributed by atoms with van der Waals surface area (Å²) in [6.45, 7) is 0. The number of hydrogen-bond donors (Lipinski definition) is 2. The normalized spacial score (nSPS) is 12.2. The van der Waals surface area contributed by atoms with Gasteiger partial charge in [-0.25, -0.2) is 9.67 Å². The molecule has 4 rings (SSSR count). The van der Waals surface area contributed by atoms with Gasteiger partial charge in [0.2, 0.25) is 0 Å².